The standard InChI is InChI=1S/C26H29FN2O4/c27-22-11-17(26(32)29-19-6-7-20(29)15-33-14-19)5-8-21(22)24(30)9-10-25(31)23-12-16-3-1-2-4-18(16)13-28-23/h1-5,8,11,19-20,23,25,28,31H,6-7,9-10,12-15H2/t19?,20?,23-,25+/m0/s1. The molecule has 0 aromatic heterocycles. The van der Waals surface area contributed by atoms with Crippen LogP contribution in [0.3, 0.4) is 0 Å². The van der Waals surface area contributed by atoms with Crippen LogP contribution in [0.15, 0.2) is 42.5 Å². The molecule has 7 heteroatoms. The predicted octanol–water partition coefficient (Wildman–Crippen LogP) is 2.87. The van der Waals surface area contributed by atoms with E-state index in [4.69, 9.17) is 4.74 Å². The molecule has 2 saturated heterocycles. The number of halogens is 1. The van der Waals surface area contributed by atoms with Crippen LogP contribution in [0.25, 0.3) is 0 Å². The fraction of sp³-hybridized carbons (Fsp3) is 0.462. The largest absolute Gasteiger partial charge is 0.391 e. The van der Waals surface area contributed by atoms with Crippen molar-refractivity contribution in [3.8, 4) is 0 Å². The first-order chi connectivity index (χ1) is 16.0. The molecule has 2 aromatic rings. The smallest absolute Gasteiger partial charge is 0.254 e. The van der Waals surface area contributed by atoms with Gasteiger partial charge in [0.05, 0.1) is 37.0 Å². The van der Waals surface area contributed by atoms with Gasteiger partial charge in [-0.3, -0.25) is 9.59 Å². The van der Waals surface area contributed by atoms with Gasteiger partial charge in [0.1, 0.15) is 5.82 Å². The third-order valence-corrected chi connectivity index (χ3v) is 7.24. The minimum atomic E-state index is -0.706. The zero-order valence-corrected chi connectivity index (χ0v) is 18.5. The molecule has 2 unspecified atom stereocenters. The number of benzene rings is 2. The van der Waals surface area contributed by atoms with Crippen LogP contribution in [0.2, 0.25) is 0 Å². The van der Waals surface area contributed by atoms with Crippen molar-refractivity contribution in [1.29, 1.82) is 0 Å². The molecule has 6 nitrogen and oxygen atoms in total. The minimum Gasteiger partial charge on any atom is -0.391 e. The maximum atomic E-state index is 14.8. The Hall–Kier alpha value is -2.61. The molecular formula is C26H29FN2O4. The SMILES string of the molecule is O=C(CC[C@@H](O)[C@@H]1Cc2ccccc2CN1)c1ccc(C(=O)N2C3CCC2COC3)cc1F. The number of nitrogens with zero attached hydrogens (tertiary/aromatic N) is 1. The number of aliphatic hydroxyl groups is 1. The van der Waals surface area contributed by atoms with E-state index in [0.717, 1.165) is 12.8 Å². The maximum absolute atomic E-state index is 14.8. The molecular weight excluding hydrogens is 423 g/mol. The molecule has 3 aliphatic heterocycles. The average molecular weight is 453 g/mol. The van der Waals surface area contributed by atoms with Gasteiger partial charge in [-0.2, -0.15) is 0 Å². The summed E-state index contributed by atoms with van der Waals surface area (Å²) in [5.74, 6) is -1.26. The number of ketones is 1. The van der Waals surface area contributed by atoms with Gasteiger partial charge in [-0.05, 0) is 55.0 Å². The summed E-state index contributed by atoms with van der Waals surface area (Å²) in [6.45, 7) is 1.72. The van der Waals surface area contributed by atoms with Crippen molar-refractivity contribution in [2.45, 2.75) is 62.9 Å². The highest BCUT2D eigenvalue weighted by molar-refractivity contribution is 5.99. The van der Waals surface area contributed by atoms with Crippen LogP contribution >= 0.6 is 0 Å². The van der Waals surface area contributed by atoms with Crippen LogP contribution in [0, 0.1) is 5.82 Å². The highest BCUT2D eigenvalue weighted by atomic mass is 19.1. The Bertz CT molecular complexity index is 1040. The molecule has 2 bridgehead atoms. The summed E-state index contributed by atoms with van der Waals surface area (Å²) in [7, 11) is 0. The predicted molar refractivity (Wildman–Crippen MR) is 121 cm³/mol. The molecule has 0 radical (unpaired) electrons. The quantitative estimate of drug-likeness (QED) is 0.659. The summed E-state index contributed by atoms with van der Waals surface area (Å²) in [6.07, 6.45) is 2.08. The Morgan fingerprint density at radius 3 is 2.58 bits per heavy atom. The zero-order valence-electron chi connectivity index (χ0n) is 18.5. The number of carbonyl (C=O) groups is 2. The van der Waals surface area contributed by atoms with Crippen LogP contribution in [-0.4, -0.2) is 59.1 Å². The van der Waals surface area contributed by atoms with Gasteiger partial charge in [-0.1, -0.05) is 24.3 Å². The van der Waals surface area contributed by atoms with Gasteiger partial charge in [0.25, 0.3) is 5.91 Å². The lowest BCUT2D eigenvalue weighted by Gasteiger charge is -2.34. The number of carbonyl (C=O) groups excluding carboxylic acids is 2. The summed E-state index contributed by atoms with van der Waals surface area (Å²) >= 11 is 0. The van der Waals surface area contributed by atoms with Crippen LogP contribution in [0.1, 0.15) is 57.5 Å². The Morgan fingerprint density at radius 1 is 1.12 bits per heavy atom. The molecule has 2 N–H and O–H groups in total. The highest BCUT2D eigenvalue weighted by Crippen LogP contribution is 2.30. The maximum Gasteiger partial charge on any atom is 0.254 e. The first-order valence-electron chi connectivity index (χ1n) is 11.7. The minimum absolute atomic E-state index is 0.0364. The summed E-state index contributed by atoms with van der Waals surface area (Å²) < 4.78 is 20.3. The second-order valence-corrected chi connectivity index (χ2v) is 9.32. The molecule has 3 heterocycles. The van der Waals surface area contributed by atoms with E-state index in [1.807, 2.05) is 17.0 Å². The molecule has 0 aliphatic carbocycles. The number of ether oxygens (including phenoxy) is 1. The number of amides is 1. The Labute approximate surface area is 192 Å². The van der Waals surface area contributed by atoms with Gasteiger partial charge in [-0.25, -0.2) is 4.39 Å². The molecule has 0 spiro atoms. The molecule has 0 saturated carbocycles. The van der Waals surface area contributed by atoms with Crippen LogP contribution in [-0.2, 0) is 17.7 Å². The van der Waals surface area contributed by atoms with Crippen LogP contribution in [0.4, 0.5) is 4.39 Å². The Morgan fingerprint density at radius 2 is 1.85 bits per heavy atom. The highest BCUT2D eigenvalue weighted by Gasteiger charge is 2.40. The lowest BCUT2D eigenvalue weighted by Crippen LogP contribution is -2.49. The Kier molecular flexibility index (Phi) is 6.27. The van der Waals surface area contributed by atoms with Crippen molar-refractivity contribution < 1.29 is 23.8 Å². The molecule has 33 heavy (non-hydrogen) atoms. The number of Topliss-reactive ketones (excluding diaryl/α,β-unsaturated/α-hetero) is 1. The fourth-order valence-corrected chi connectivity index (χ4v) is 5.35. The topological polar surface area (TPSA) is 78.9 Å². The van der Waals surface area contributed by atoms with Crippen LogP contribution in [0.5, 0.6) is 0 Å². The zero-order chi connectivity index (χ0) is 22.9. The second-order valence-electron chi connectivity index (χ2n) is 9.32. The summed E-state index contributed by atoms with van der Waals surface area (Å²) in [4.78, 5) is 27.4. The molecule has 2 fully saturated rings. The second kappa shape index (κ2) is 9.33. The normalized spacial score (nSPS) is 24.9. The third kappa shape index (κ3) is 4.45. The summed E-state index contributed by atoms with van der Waals surface area (Å²) in [6, 6.07) is 12.1. The van der Waals surface area contributed by atoms with E-state index in [2.05, 4.69) is 17.4 Å². The van der Waals surface area contributed by atoms with E-state index < -0.39 is 11.9 Å². The number of hydrogen-bond donors (Lipinski definition) is 2. The van der Waals surface area contributed by atoms with E-state index in [1.54, 1.807) is 0 Å². The fourth-order valence-electron chi connectivity index (χ4n) is 5.35. The molecule has 2 aromatic carbocycles. The summed E-state index contributed by atoms with van der Waals surface area (Å²) in [5, 5.41) is 13.9. The monoisotopic (exact) mass is 452 g/mol. The van der Waals surface area contributed by atoms with E-state index in [1.165, 1.54) is 29.3 Å². The van der Waals surface area contributed by atoms with Crippen molar-refractivity contribution in [2.75, 3.05) is 13.2 Å². The van der Waals surface area contributed by atoms with E-state index >= 15 is 0 Å². The molecule has 1 amide bonds. The van der Waals surface area contributed by atoms with Gasteiger partial charge in [-0.15, -0.1) is 0 Å². The number of aliphatic hydroxyl groups excluding tert-OH is 1. The number of hydrogen-bond acceptors (Lipinski definition) is 5. The van der Waals surface area contributed by atoms with E-state index in [-0.39, 0.29) is 53.8 Å². The molecule has 174 valence electrons. The number of fused-ring (bicyclic) bond motifs is 3. The third-order valence-electron chi connectivity index (χ3n) is 7.24. The van der Waals surface area contributed by atoms with Crippen molar-refractivity contribution in [3.05, 3.63) is 70.5 Å². The van der Waals surface area contributed by atoms with Gasteiger partial charge in [0.2, 0.25) is 0 Å². The number of nitrogens with one attached hydrogen (secondary N) is 1. The first-order valence-corrected chi connectivity index (χ1v) is 11.7. The van der Waals surface area contributed by atoms with E-state index in [0.29, 0.717) is 26.2 Å². The van der Waals surface area contributed by atoms with Gasteiger partial charge in [0, 0.05) is 24.6 Å². The van der Waals surface area contributed by atoms with Gasteiger partial charge >= 0.3 is 0 Å². The Balaban J connectivity index is 1.19. The lowest BCUT2D eigenvalue weighted by atomic mass is 9.90. The number of rotatable bonds is 6. The molecule has 3 aliphatic rings. The molecule has 4 atom stereocenters. The summed E-state index contributed by atoms with van der Waals surface area (Å²) in [5.41, 5.74) is 2.64. The van der Waals surface area contributed by atoms with Crippen molar-refractivity contribution >= 4 is 11.7 Å². The van der Waals surface area contributed by atoms with Gasteiger partial charge in [0.15, 0.2) is 5.78 Å². The van der Waals surface area contributed by atoms with Crippen molar-refractivity contribution in [1.82, 2.24) is 10.2 Å². The van der Waals surface area contributed by atoms with Gasteiger partial charge < -0.3 is 20.1 Å². The molecule has 5 rings (SSSR count). The van der Waals surface area contributed by atoms with Crippen molar-refractivity contribution in [3.63, 3.8) is 0 Å². The van der Waals surface area contributed by atoms with Crippen molar-refractivity contribution in [2.24, 2.45) is 0 Å². The number of morpholine rings is 1. The lowest BCUT2D eigenvalue weighted by molar-refractivity contribution is -0.00718. The van der Waals surface area contributed by atoms with E-state index in [9.17, 15) is 19.1 Å². The van der Waals surface area contributed by atoms with Crippen LogP contribution < -0.4 is 5.32 Å². The first kappa shape index (κ1) is 22.2. The average Bonchev–Trinajstić information content (AvgIpc) is 3.09.